The fourth-order valence-electron chi connectivity index (χ4n) is 3.54. The third-order valence-corrected chi connectivity index (χ3v) is 5.24. The maximum Gasteiger partial charge on any atom is 0.194 e. The highest BCUT2D eigenvalue weighted by Gasteiger charge is 2.20. The van der Waals surface area contributed by atoms with Crippen LogP contribution < -0.4 is 15.0 Å². The highest BCUT2D eigenvalue weighted by Crippen LogP contribution is 2.15. The number of nitrogens with zero attached hydrogens (tertiary/aromatic N) is 5. The summed E-state index contributed by atoms with van der Waals surface area (Å²) < 4.78 is 5.82. The van der Waals surface area contributed by atoms with E-state index in [0.29, 0.717) is 6.54 Å². The number of aromatic nitrogens is 1. The Morgan fingerprint density at radius 3 is 2.52 bits per heavy atom. The largest absolute Gasteiger partial charge is 0.494 e. The molecule has 2 heterocycles. The number of rotatable bonds is 9. The van der Waals surface area contributed by atoms with Crippen LogP contribution in [0.5, 0.6) is 5.75 Å². The van der Waals surface area contributed by atoms with E-state index < -0.39 is 0 Å². The Bertz CT molecular complexity index is 785. The zero-order chi connectivity index (χ0) is 21.9. The Morgan fingerprint density at radius 2 is 1.87 bits per heavy atom. The molecule has 0 unspecified atom stereocenters. The molecule has 0 spiro atoms. The van der Waals surface area contributed by atoms with Crippen LogP contribution in [0.15, 0.2) is 53.7 Å². The lowest BCUT2D eigenvalue weighted by Gasteiger charge is -2.37. The number of nitrogens with one attached hydrogen (secondary N) is 1. The smallest absolute Gasteiger partial charge is 0.194 e. The standard InChI is InChI=1S/C24H36N6O/c1-4-25-24(30-17-15-29(16-18-30)23-8-5-6-13-26-23)27-20-21-9-11-22(12-10-21)31-19-7-14-28(2)3/h5-6,8-13H,4,7,14-20H2,1-3H3,(H,25,27). The van der Waals surface area contributed by atoms with Gasteiger partial charge in [-0.1, -0.05) is 18.2 Å². The molecule has 0 bridgehead atoms. The van der Waals surface area contributed by atoms with Crippen LogP contribution in [-0.2, 0) is 6.54 Å². The van der Waals surface area contributed by atoms with Crippen LogP contribution in [0.25, 0.3) is 0 Å². The van der Waals surface area contributed by atoms with Crippen LogP contribution in [0, 0.1) is 0 Å². The van der Waals surface area contributed by atoms with Gasteiger partial charge in [0.05, 0.1) is 13.2 Å². The normalized spacial score (nSPS) is 14.8. The van der Waals surface area contributed by atoms with Crippen LogP contribution in [0.3, 0.4) is 0 Å². The SMILES string of the molecule is CCNC(=NCc1ccc(OCCCN(C)C)cc1)N1CCN(c2ccccn2)CC1. The molecule has 1 N–H and O–H groups in total. The van der Waals surface area contributed by atoms with Gasteiger partial charge in [0.15, 0.2) is 5.96 Å². The first-order valence-electron chi connectivity index (χ1n) is 11.2. The molecule has 31 heavy (non-hydrogen) atoms. The van der Waals surface area contributed by atoms with E-state index in [1.54, 1.807) is 0 Å². The Labute approximate surface area is 186 Å². The van der Waals surface area contributed by atoms with Crippen LogP contribution in [0.1, 0.15) is 18.9 Å². The van der Waals surface area contributed by atoms with E-state index in [-0.39, 0.29) is 0 Å². The lowest BCUT2D eigenvalue weighted by molar-refractivity contribution is 0.281. The summed E-state index contributed by atoms with van der Waals surface area (Å²) in [6.45, 7) is 9.17. The molecule has 1 aliphatic heterocycles. The summed E-state index contributed by atoms with van der Waals surface area (Å²) in [5.74, 6) is 2.95. The van der Waals surface area contributed by atoms with Crippen molar-refractivity contribution in [3.8, 4) is 5.75 Å². The van der Waals surface area contributed by atoms with Crippen molar-refractivity contribution in [3.63, 3.8) is 0 Å². The minimum atomic E-state index is 0.656. The van der Waals surface area contributed by atoms with Crippen LogP contribution in [-0.4, -0.2) is 80.7 Å². The molecule has 0 radical (unpaired) electrons. The van der Waals surface area contributed by atoms with Crippen molar-refractivity contribution >= 4 is 11.8 Å². The second kappa shape index (κ2) is 12.2. The Hall–Kier alpha value is -2.80. The molecule has 1 aromatic heterocycles. The number of benzene rings is 1. The predicted octanol–water partition coefficient (Wildman–Crippen LogP) is 2.70. The summed E-state index contributed by atoms with van der Waals surface area (Å²) in [6.07, 6.45) is 2.88. The summed E-state index contributed by atoms with van der Waals surface area (Å²) in [6, 6.07) is 14.4. The molecule has 0 saturated carbocycles. The highest BCUT2D eigenvalue weighted by atomic mass is 16.5. The van der Waals surface area contributed by atoms with Gasteiger partial charge in [-0.25, -0.2) is 9.98 Å². The van der Waals surface area contributed by atoms with Crippen molar-refractivity contribution in [2.24, 2.45) is 4.99 Å². The van der Waals surface area contributed by atoms with Gasteiger partial charge in [-0.15, -0.1) is 0 Å². The lowest BCUT2D eigenvalue weighted by atomic mass is 10.2. The van der Waals surface area contributed by atoms with Gasteiger partial charge in [0, 0.05) is 45.5 Å². The Morgan fingerprint density at radius 1 is 1.10 bits per heavy atom. The van der Waals surface area contributed by atoms with E-state index in [9.17, 15) is 0 Å². The summed E-state index contributed by atoms with van der Waals surface area (Å²) in [5, 5.41) is 3.45. The van der Waals surface area contributed by atoms with Crippen molar-refractivity contribution in [3.05, 3.63) is 54.2 Å². The first-order valence-corrected chi connectivity index (χ1v) is 11.2. The molecule has 1 saturated heterocycles. The number of guanidine groups is 1. The maximum atomic E-state index is 5.82. The van der Waals surface area contributed by atoms with Crippen LogP contribution in [0.2, 0.25) is 0 Å². The van der Waals surface area contributed by atoms with Gasteiger partial charge in [-0.05, 0) is 57.3 Å². The Kier molecular flexibility index (Phi) is 8.97. The monoisotopic (exact) mass is 424 g/mol. The van der Waals surface area contributed by atoms with E-state index >= 15 is 0 Å². The lowest BCUT2D eigenvalue weighted by Crippen LogP contribution is -2.52. The van der Waals surface area contributed by atoms with Gasteiger partial charge in [0.2, 0.25) is 0 Å². The second-order valence-corrected chi connectivity index (χ2v) is 7.98. The topological polar surface area (TPSA) is 56.2 Å². The fraction of sp³-hybridized carbons (Fsp3) is 0.500. The van der Waals surface area contributed by atoms with E-state index in [1.807, 2.05) is 30.5 Å². The van der Waals surface area contributed by atoms with E-state index in [1.165, 1.54) is 5.56 Å². The number of hydrogen-bond acceptors (Lipinski definition) is 5. The number of aliphatic imine (C=N–C) groups is 1. The van der Waals surface area contributed by atoms with Crippen molar-refractivity contribution in [1.82, 2.24) is 20.1 Å². The van der Waals surface area contributed by atoms with E-state index in [0.717, 1.165) is 69.8 Å². The number of ether oxygens (including phenoxy) is 1. The molecular weight excluding hydrogens is 388 g/mol. The predicted molar refractivity (Wildman–Crippen MR) is 128 cm³/mol. The van der Waals surface area contributed by atoms with Crippen LogP contribution >= 0.6 is 0 Å². The van der Waals surface area contributed by atoms with Gasteiger partial charge in [0.25, 0.3) is 0 Å². The molecule has 168 valence electrons. The molecule has 0 amide bonds. The average Bonchev–Trinajstić information content (AvgIpc) is 2.81. The molecule has 7 heteroatoms. The fourth-order valence-corrected chi connectivity index (χ4v) is 3.54. The van der Waals surface area contributed by atoms with Crippen molar-refractivity contribution in [2.75, 3.05) is 64.9 Å². The molecule has 1 aliphatic rings. The molecule has 0 atom stereocenters. The van der Waals surface area contributed by atoms with Gasteiger partial charge in [-0.3, -0.25) is 0 Å². The molecule has 7 nitrogen and oxygen atoms in total. The van der Waals surface area contributed by atoms with Crippen molar-refractivity contribution < 1.29 is 4.74 Å². The van der Waals surface area contributed by atoms with Gasteiger partial charge in [-0.2, -0.15) is 0 Å². The number of piperazine rings is 1. The van der Waals surface area contributed by atoms with Gasteiger partial charge < -0.3 is 24.8 Å². The highest BCUT2D eigenvalue weighted by molar-refractivity contribution is 5.80. The molecular formula is C24H36N6O. The van der Waals surface area contributed by atoms with Gasteiger partial charge in [0.1, 0.15) is 11.6 Å². The van der Waals surface area contributed by atoms with E-state index in [4.69, 9.17) is 9.73 Å². The van der Waals surface area contributed by atoms with Crippen LogP contribution in [0.4, 0.5) is 5.82 Å². The van der Waals surface area contributed by atoms with Gasteiger partial charge >= 0.3 is 0 Å². The summed E-state index contributed by atoms with van der Waals surface area (Å²) in [4.78, 5) is 16.2. The minimum absolute atomic E-state index is 0.656. The molecule has 2 aromatic rings. The summed E-state index contributed by atoms with van der Waals surface area (Å²) >= 11 is 0. The zero-order valence-corrected chi connectivity index (χ0v) is 19.1. The first kappa shape index (κ1) is 22.9. The molecule has 0 aliphatic carbocycles. The molecule has 3 rings (SSSR count). The van der Waals surface area contributed by atoms with Crippen molar-refractivity contribution in [1.29, 1.82) is 0 Å². The third kappa shape index (κ3) is 7.43. The summed E-state index contributed by atoms with van der Waals surface area (Å²) in [7, 11) is 4.16. The number of hydrogen-bond donors (Lipinski definition) is 1. The minimum Gasteiger partial charge on any atom is -0.494 e. The second-order valence-electron chi connectivity index (χ2n) is 7.98. The molecule has 1 aromatic carbocycles. The first-order chi connectivity index (χ1) is 15.2. The molecule has 1 fully saturated rings. The average molecular weight is 425 g/mol. The number of pyridine rings is 1. The Balaban J connectivity index is 1.50. The van der Waals surface area contributed by atoms with E-state index in [2.05, 4.69) is 64.2 Å². The number of anilines is 1. The quantitative estimate of drug-likeness (QED) is 0.380. The zero-order valence-electron chi connectivity index (χ0n) is 19.1. The summed E-state index contributed by atoms with van der Waals surface area (Å²) in [5.41, 5.74) is 1.18. The maximum absolute atomic E-state index is 5.82. The van der Waals surface area contributed by atoms with Crippen molar-refractivity contribution in [2.45, 2.75) is 19.9 Å². The third-order valence-electron chi connectivity index (χ3n) is 5.24.